The zero-order chi connectivity index (χ0) is 22.1. The molecule has 0 spiro atoms. The Morgan fingerprint density at radius 2 is 1.50 bits per heavy atom. The number of fused-ring (bicyclic) bond motifs is 5. The number of hydrogen-bond donors (Lipinski definition) is 0. The molecular formula is C26H41F3O. The summed E-state index contributed by atoms with van der Waals surface area (Å²) >= 11 is 0. The number of ketones is 1. The number of carbonyl (C=O) groups is 1. The van der Waals surface area contributed by atoms with Gasteiger partial charge < -0.3 is 0 Å². The monoisotopic (exact) mass is 426 g/mol. The predicted molar refractivity (Wildman–Crippen MR) is 114 cm³/mol. The van der Waals surface area contributed by atoms with E-state index in [1.54, 1.807) is 0 Å². The molecule has 172 valence electrons. The van der Waals surface area contributed by atoms with Crippen molar-refractivity contribution in [3.63, 3.8) is 0 Å². The fourth-order valence-corrected chi connectivity index (χ4v) is 8.53. The number of Topliss-reactive ketones (excluding diaryl/α,β-unsaturated/α-hetero) is 1. The van der Waals surface area contributed by atoms with Crippen molar-refractivity contribution >= 4 is 5.78 Å². The first-order valence-electron chi connectivity index (χ1n) is 12.4. The van der Waals surface area contributed by atoms with E-state index in [1.807, 2.05) is 20.8 Å². The molecule has 4 rings (SSSR count). The minimum atomic E-state index is -4.03. The molecule has 4 aliphatic rings. The first kappa shape index (κ1) is 22.6. The molecule has 1 nitrogen and oxygen atoms in total. The van der Waals surface area contributed by atoms with Crippen molar-refractivity contribution in [1.29, 1.82) is 0 Å². The van der Waals surface area contributed by atoms with E-state index in [0.717, 1.165) is 38.5 Å². The molecule has 8 unspecified atom stereocenters. The van der Waals surface area contributed by atoms with E-state index in [9.17, 15) is 18.0 Å². The largest absolute Gasteiger partial charge is 0.391 e. The summed E-state index contributed by atoms with van der Waals surface area (Å²) in [6.07, 6.45) is 4.87. The van der Waals surface area contributed by atoms with Crippen LogP contribution in [0.25, 0.3) is 0 Å². The van der Waals surface area contributed by atoms with Gasteiger partial charge in [-0.3, -0.25) is 4.79 Å². The van der Waals surface area contributed by atoms with Crippen LogP contribution < -0.4 is 0 Å². The van der Waals surface area contributed by atoms with Crippen LogP contribution in [0.3, 0.4) is 0 Å². The SMILES string of the molecule is CC(C)(C)C(=O)CC1CCC2C3CCC4CC(C(F)(F)F)CCC4(C)C3CCC12C. The highest BCUT2D eigenvalue weighted by molar-refractivity contribution is 5.83. The van der Waals surface area contributed by atoms with Crippen LogP contribution in [-0.2, 0) is 4.79 Å². The van der Waals surface area contributed by atoms with Gasteiger partial charge in [0.1, 0.15) is 5.78 Å². The zero-order valence-electron chi connectivity index (χ0n) is 19.6. The minimum absolute atomic E-state index is 0.0886. The van der Waals surface area contributed by atoms with E-state index in [1.165, 1.54) is 6.42 Å². The molecule has 0 bridgehead atoms. The quantitative estimate of drug-likeness (QED) is 0.440. The van der Waals surface area contributed by atoms with Gasteiger partial charge in [0, 0.05) is 11.8 Å². The Morgan fingerprint density at radius 3 is 2.13 bits per heavy atom. The van der Waals surface area contributed by atoms with E-state index in [0.29, 0.717) is 48.7 Å². The van der Waals surface area contributed by atoms with Crippen LogP contribution in [0.1, 0.15) is 98.8 Å². The standard InChI is InChI=1S/C26H41F3O/c1-23(2,3)22(30)15-17-7-9-20-19-8-6-16-14-18(26(27,28)29)10-12-24(16,4)21(19)11-13-25(17,20)5/h16-21H,6-15H2,1-5H3. The number of halogens is 3. The van der Waals surface area contributed by atoms with E-state index in [4.69, 9.17) is 0 Å². The Bertz CT molecular complexity index is 677. The topological polar surface area (TPSA) is 17.1 Å². The fraction of sp³-hybridized carbons (Fsp3) is 0.962. The molecule has 4 aliphatic carbocycles. The van der Waals surface area contributed by atoms with Crippen molar-refractivity contribution in [3.05, 3.63) is 0 Å². The Hall–Kier alpha value is -0.540. The molecule has 0 aromatic rings. The molecule has 0 amide bonds. The third kappa shape index (κ3) is 3.56. The lowest BCUT2D eigenvalue weighted by Gasteiger charge is -2.61. The van der Waals surface area contributed by atoms with E-state index >= 15 is 0 Å². The molecule has 0 N–H and O–H groups in total. The molecule has 0 aromatic carbocycles. The van der Waals surface area contributed by atoms with Gasteiger partial charge in [0.05, 0.1) is 5.92 Å². The summed E-state index contributed by atoms with van der Waals surface area (Å²) in [6.45, 7) is 10.9. The van der Waals surface area contributed by atoms with Crippen molar-refractivity contribution in [2.75, 3.05) is 0 Å². The second-order valence-corrected chi connectivity index (χ2v) is 12.9. The average molecular weight is 427 g/mol. The van der Waals surface area contributed by atoms with Crippen LogP contribution in [0.2, 0.25) is 0 Å². The van der Waals surface area contributed by atoms with Crippen LogP contribution >= 0.6 is 0 Å². The second-order valence-electron chi connectivity index (χ2n) is 12.9. The van der Waals surface area contributed by atoms with Gasteiger partial charge in [-0.1, -0.05) is 34.6 Å². The Morgan fingerprint density at radius 1 is 0.867 bits per heavy atom. The van der Waals surface area contributed by atoms with Crippen LogP contribution in [0.15, 0.2) is 0 Å². The summed E-state index contributed by atoms with van der Waals surface area (Å²) in [7, 11) is 0. The molecule has 0 aliphatic heterocycles. The molecule has 4 saturated carbocycles. The van der Waals surface area contributed by atoms with Gasteiger partial charge in [-0.2, -0.15) is 13.2 Å². The maximum Gasteiger partial charge on any atom is 0.391 e. The van der Waals surface area contributed by atoms with Crippen LogP contribution in [0, 0.1) is 51.8 Å². The molecule has 0 heterocycles. The predicted octanol–water partition coefficient (Wildman–Crippen LogP) is 7.83. The summed E-state index contributed by atoms with van der Waals surface area (Å²) in [4.78, 5) is 12.8. The van der Waals surface area contributed by atoms with Gasteiger partial charge in [-0.05, 0) is 98.2 Å². The second kappa shape index (κ2) is 7.24. The highest BCUT2D eigenvalue weighted by Crippen LogP contribution is 2.68. The first-order valence-corrected chi connectivity index (χ1v) is 12.4. The highest BCUT2D eigenvalue weighted by Gasteiger charge is 2.61. The van der Waals surface area contributed by atoms with Gasteiger partial charge in [0.15, 0.2) is 0 Å². The van der Waals surface area contributed by atoms with Gasteiger partial charge in [0.25, 0.3) is 0 Å². The van der Waals surface area contributed by atoms with Gasteiger partial charge in [-0.25, -0.2) is 0 Å². The number of carbonyl (C=O) groups excluding carboxylic acids is 1. The Labute approximate surface area is 180 Å². The molecule has 4 heteroatoms. The van der Waals surface area contributed by atoms with Crippen LogP contribution in [0.5, 0.6) is 0 Å². The van der Waals surface area contributed by atoms with Gasteiger partial charge >= 0.3 is 6.18 Å². The van der Waals surface area contributed by atoms with Crippen molar-refractivity contribution < 1.29 is 18.0 Å². The summed E-state index contributed by atoms with van der Waals surface area (Å²) in [5.74, 6) is 1.93. The maximum atomic E-state index is 13.4. The van der Waals surface area contributed by atoms with Crippen molar-refractivity contribution in [3.8, 4) is 0 Å². The van der Waals surface area contributed by atoms with Crippen molar-refractivity contribution in [2.24, 2.45) is 51.8 Å². The van der Waals surface area contributed by atoms with Crippen molar-refractivity contribution in [2.45, 2.75) is 105 Å². The molecule has 30 heavy (non-hydrogen) atoms. The fourth-order valence-electron chi connectivity index (χ4n) is 8.53. The smallest absolute Gasteiger partial charge is 0.299 e. The lowest BCUT2D eigenvalue weighted by Crippen LogP contribution is -2.54. The summed E-state index contributed by atoms with van der Waals surface area (Å²) in [5, 5.41) is 0. The third-order valence-corrected chi connectivity index (χ3v) is 10.6. The lowest BCUT2D eigenvalue weighted by atomic mass is 9.44. The summed E-state index contributed by atoms with van der Waals surface area (Å²) < 4.78 is 40.2. The van der Waals surface area contributed by atoms with Crippen molar-refractivity contribution in [1.82, 2.24) is 0 Å². The molecule has 0 radical (unpaired) electrons. The molecule has 4 fully saturated rings. The van der Waals surface area contributed by atoms with E-state index in [-0.39, 0.29) is 22.2 Å². The average Bonchev–Trinajstić information content (AvgIpc) is 2.96. The molecule has 0 aromatic heterocycles. The number of rotatable bonds is 2. The normalized spacial score (nSPS) is 46.7. The Balaban J connectivity index is 1.50. The molecular weight excluding hydrogens is 385 g/mol. The Kier molecular flexibility index (Phi) is 5.46. The van der Waals surface area contributed by atoms with Crippen LogP contribution in [0.4, 0.5) is 13.2 Å². The third-order valence-electron chi connectivity index (χ3n) is 10.6. The van der Waals surface area contributed by atoms with Gasteiger partial charge in [0.2, 0.25) is 0 Å². The van der Waals surface area contributed by atoms with Gasteiger partial charge in [-0.15, -0.1) is 0 Å². The lowest BCUT2D eigenvalue weighted by molar-refractivity contribution is -0.208. The highest BCUT2D eigenvalue weighted by atomic mass is 19.4. The van der Waals surface area contributed by atoms with E-state index in [2.05, 4.69) is 13.8 Å². The summed E-state index contributed by atoms with van der Waals surface area (Å²) in [6, 6.07) is 0. The molecule has 0 saturated heterocycles. The number of alkyl halides is 3. The first-order chi connectivity index (χ1) is 13.8. The summed E-state index contributed by atoms with van der Waals surface area (Å²) in [5.41, 5.74) is 0.0636. The minimum Gasteiger partial charge on any atom is -0.299 e. The molecule has 8 atom stereocenters. The zero-order valence-corrected chi connectivity index (χ0v) is 19.6. The maximum absolute atomic E-state index is 13.4. The van der Waals surface area contributed by atoms with Crippen LogP contribution in [-0.4, -0.2) is 12.0 Å². The number of hydrogen-bond acceptors (Lipinski definition) is 1. The van der Waals surface area contributed by atoms with E-state index < -0.39 is 12.1 Å².